The van der Waals surface area contributed by atoms with Crippen molar-refractivity contribution in [3.05, 3.63) is 168 Å². The molecule has 4 aromatic heterocycles. The van der Waals surface area contributed by atoms with Gasteiger partial charge in [0.05, 0.1) is 22.4 Å². The van der Waals surface area contributed by atoms with Gasteiger partial charge in [0.15, 0.2) is 16.7 Å². The molecule has 1 aliphatic rings. The van der Waals surface area contributed by atoms with E-state index in [1.165, 1.54) is 60.6 Å². The molecule has 0 unspecified atom stereocenters. The summed E-state index contributed by atoms with van der Waals surface area (Å²) in [6, 6.07) is 37.0. The quantitative estimate of drug-likeness (QED) is 0.130. The number of carboxylic acids is 3. The van der Waals surface area contributed by atoms with E-state index < -0.39 is 17.9 Å². The van der Waals surface area contributed by atoms with Gasteiger partial charge in [-0.05, 0) is 140 Å². The van der Waals surface area contributed by atoms with Gasteiger partial charge in [0.2, 0.25) is 17.7 Å². The second-order valence-corrected chi connectivity index (χ2v) is 14.4. The van der Waals surface area contributed by atoms with Crippen LogP contribution in [0.4, 0.5) is 10.1 Å². The van der Waals surface area contributed by atoms with Gasteiger partial charge >= 0.3 is 17.9 Å². The van der Waals surface area contributed by atoms with Crippen LogP contribution in [0.25, 0.3) is 73.3 Å². The summed E-state index contributed by atoms with van der Waals surface area (Å²) in [6.45, 7) is 2.22. The van der Waals surface area contributed by atoms with Crippen molar-refractivity contribution in [1.29, 1.82) is 0 Å². The lowest BCUT2D eigenvalue weighted by Crippen LogP contribution is -2.36. The number of carbonyl (C=O) groups is 3. The van der Waals surface area contributed by atoms with Gasteiger partial charge in [-0.3, -0.25) is 0 Å². The first-order valence-corrected chi connectivity index (χ1v) is 19.7. The van der Waals surface area contributed by atoms with E-state index in [1.807, 2.05) is 48.7 Å². The van der Waals surface area contributed by atoms with Crippen LogP contribution in [0.15, 0.2) is 159 Å². The minimum Gasteiger partial charge on any atom is -0.478 e. The molecule has 0 saturated carbocycles. The Bertz CT molecular complexity index is 3300. The number of rotatable bonds is 8. The highest BCUT2D eigenvalue weighted by Gasteiger charge is 2.17. The first-order valence-electron chi connectivity index (χ1n) is 19.7. The number of anilines is 1. The molecule has 0 bridgehead atoms. The molecule has 15 nitrogen and oxygen atoms in total. The van der Waals surface area contributed by atoms with E-state index >= 15 is 0 Å². The first-order chi connectivity index (χ1) is 31.0. The fourth-order valence-corrected chi connectivity index (χ4v) is 6.71. The Morgan fingerprint density at radius 3 is 1.25 bits per heavy atom. The molecule has 0 aliphatic carbocycles. The number of oxazole rings is 3. The molecule has 316 valence electrons. The van der Waals surface area contributed by atoms with E-state index in [2.05, 4.69) is 37.1 Å². The van der Waals surface area contributed by atoms with Gasteiger partial charge < -0.3 is 33.5 Å². The Labute approximate surface area is 360 Å². The summed E-state index contributed by atoms with van der Waals surface area (Å²) in [7, 11) is 0. The van der Waals surface area contributed by atoms with Gasteiger partial charge in [0, 0.05) is 47.9 Å². The van der Waals surface area contributed by atoms with Crippen LogP contribution in [0.2, 0.25) is 0 Å². The highest BCUT2D eigenvalue weighted by atomic mass is 19.1. The van der Waals surface area contributed by atoms with Crippen molar-refractivity contribution in [2.45, 2.75) is 6.42 Å². The van der Waals surface area contributed by atoms with Crippen LogP contribution in [0.5, 0.6) is 0 Å². The number of nitrogens with zero attached hydrogens (tertiary/aromatic N) is 6. The van der Waals surface area contributed by atoms with Gasteiger partial charge in [-0.25, -0.2) is 38.4 Å². The number of carboxylic acid groups (broad SMARTS) is 3. The molecule has 6 aromatic carbocycles. The molecule has 11 rings (SSSR count). The molecule has 1 fully saturated rings. The summed E-state index contributed by atoms with van der Waals surface area (Å²) < 4.78 is 31.5. The minimum absolute atomic E-state index is 0.145. The van der Waals surface area contributed by atoms with E-state index in [9.17, 15) is 18.8 Å². The van der Waals surface area contributed by atoms with Crippen molar-refractivity contribution in [1.82, 2.24) is 24.7 Å². The second-order valence-electron chi connectivity index (χ2n) is 14.4. The van der Waals surface area contributed by atoms with Crippen molar-refractivity contribution in [3.63, 3.8) is 0 Å². The number of aromatic carboxylic acids is 3. The lowest BCUT2D eigenvalue weighted by molar-refractivity contribution is 0.0686. The van der Waals surface area contributed by atoms with E-state index in [-0.39, 0.29) is 22.5 Å². The number of benzene rings is 6. The van der Waals surface area contributed by atoms with Crippen molar-refractivity contribution in [3.8, 4) is 40.0 Å². The van der Waals surface area contributed by atoms with E-state index in [0.29, 0.717) is 56.5 Å². The van der Waals surface area contributed by atoms with Gasteiger partial charge in [0.25, 0.3) is 0 Å². The summed E-state index contributed by atoms with van der Waals surface area (Å²) in [5, 5.41) is 31.1. The predicted octanol–water partition coefficient (Wildman–Crippen LogP) is 10.1. The molecular weight excluding hydrogens is 824 g/mol. The molecular formula is C48H33FN6O9. The van der Waals surface area contributed by atoms with Crippen LogP contribution in [-0.4, -0.2) is 71.0 Å². The van der Waals surface area contributed by atoms with Crippen LogP contribution in [0.1, 0.15) is 37.5 Å². The van der Waals surface area contributed by atoms with Gasteiger partial charge in [0.1, 0.15) is 22.4 Å². The van der Waals surface area contributed by atoms with Gasteiger partial charge in [-0.2, -0.15) is 5.10 Å². The molecule has 0 radical (unpaired) electrons. The topological polar surface area (TPSA) is 211 Å². The van der Waals surface area contributed by atoms with Gasteiger partial charge in [-0.1, -0.05) is 0 Å². The van der Waals surface area contributed by atoms with Gasteiger partial charge in [-0.15, -0.1) is 0 Å². The van der Waals surface area contributed by atoms with E-state index in [0.717, 1.165) is 29.9 Å². The maximum atomic E-state index is 12.8. The smallest absolute Gasteiger partial charge is 0.335 e. The Balaban J connectivity index is 0.000000122. The number of halogens is 1. The molecule has 0 amide bonds. The molecule has 1 aliphatic heterocycles. The average molecular weight is 857 g/mol. The zero-order valence-electron chi connectivity index (χ0n) is 33.3. The third kappa shape index (κ3) is 8.64. The van der Waals surface area contributed by atoms with Crippen LogP contribution >= 0.6 is 0 Å². The minimum atomic E-state index is -1.02. The van der Waals surface area contributed by atoms with Crippen LogP contribution < -0.4 is 4.90 Å². The Kier molecular flexibility index (Phi) is 10.9. The second kappa shape index (κ2) is 17.2. The predicted molar refractivity (Wildman–Crippen MR) is 233 cm³/mol. The van der Waals surface area contributed by atoms with Crippen LogP contribution in [0, 0.1) is 5.82 Å². The first kappa shape index (κ1) is 40.5. The van der Waals surface area contributed by atoms with Crippen LogP contribution in [0.3, 0.4) is 0 Å². The zero-order valence-corrected chi connectivity index (χ0v) is 33.3. The summed E-state index contributed by atoms with van der Waals surface area (Å²) in [5.74, 6) is -2.02. The Hall–Kier alpha value is -8.92. The number of hydrogen-bond donors (Lipinski definition) is 3. The fraction of sp³-hybridized carbons (Fsp3) is 0.0625. The maximum absolute atomic E-state index is 12.8. The summed E-state index contributed by atoms with van der Waals surface area (Å²) >= 11 is 0. The summed E-state index contributed by atoms with van der Waals surface area (Å²) in [6.07, 6.45) is 4.83. The highest BCUT2D eigenvalue weighted by molar-refractivity contribution is 5.94. The number of fused-ring (bicyclic) bond motifs is 3. The van der Waals surface area contributed by atoms with Crippen molar-refractivity contribution in [2.24, 2.45) is 0 Å². The standard InChI is InChI=1S/C17H11N3O3.C17H14N2O3.C14H8FNO3/c21-17(22)12-4-7-15-14(10-12)19-16(23-15)11-2-5-13(6-3-11)20-9-1-8-18-20;20-17(21)12-4-7-15-14(10-12)18-16(22-15)11-2-5-13(6-3-11)19-8-1-9-19;15-10-4-1-8(2-5-10)13-16-11-7-9(14(17)18)3-6-12(11)19-13/h1-10H,(H,21,22);2-7,10H,1,8-9H2,(H,20,21);1-7H,(H,17,18). The molecule has 0 spiro atoms. The lowest BCUT2D eigenvalue weighted by atomic mass is 10.1. The molecule has 3 N–H and O–H groups in total. The van der Waals surface area contributed by atoms with Crippen molar-refractivity contribution >= 4 is 56.9 Å². The van der Waals surface area contributed by atoms with E-state index in [1.54, 1.807) is 41.2 Å². The van der Waals surface area contributed by atoms with Crippen LogP contribution in [-0.2, 0) is 0 Å². The van der Waals surface area contributed by atoms with Crippen molar-refractivity contribution in [2.75, 3.05) is 18.0 Å². The average Bonchev–Trinajstić information content (AvgIpc) is 4.12. The highest BCUT2D eigenvalue weighted by Crippen LogP contribution is 2.30. The Morgan fingerprint density at radius 1 is 0.516 bits per heavy atom. The molecule has 64 heavy (non-hydrogen) atoms. The normalized spacial score (nSPS) is 12.0. The lowest BCUT2D eigenvalue weighted by Gasteiger charge is -2.33. The number of aromatic nitrogens is 5. The van der Waals surface area contributed by atoms with Crippen molar-refractivity contribution < 1.29 is 47.3 Å². The van der Waals surface area contributed by atoms with E-state index in [4.69, 9.17) is 28.6 Å². The fourth-order valence-electron chi connectivity index (χ4n) is 6.71. The zero-order chi connectivity index (χ0) is 44.3. The third-order valence-corrected chi connectivity index (χ3v) is 10.2. The summed E-state index contributed by atoms with van der Waals surface area (Å²) in [4.78, 5) is 48.1. The monoisotopic (exact) mass is 856 g/mol. The molecule has 10 aromatic rings. The number of hydrogen-bond acceptors (Lipinski definition) is 11. The Morgan fingerprint density at radius 2 is 0.906 bits per heavy atom. The maximum Gasteiger partial charge on any atom is 0.335 e. The molecule has 0 atom stereocenters. The molecule has 1 saturated heterocycles. The molecule has 16 heteroatoms. The third-order valence-electron chi connectivity index (χ3n) is 10.2. The molecule has 5 heterocycles. The SMILES string of the molecule is O=C(O)c1ccc2oc(-c3ccc(-n4cccn4)cc3)nc2c1.O=C(O)c1ccc2oc(-c3ccc(F)cc3)nc2c1.O=C(O)c1ccc2oc(-c3ccc(N4CCC4)cc3)nc2c1. The summed E-state index contributed by atoms with van der Waals surface area (Å²) in [5.41, 5.74) is 8.19. The largest absolute Gasteiger partial charge is 0.478 e.